The van der Waals surface area contributed by atoms with E-state index in [9.17, 15) is 15.4 Å². The van der Waals surface area contributed by atoms with Crippen molar-refractivity contribution in [3.8, 4) is 5.75 Å². The molecule has 36 heavy (non-hydrogen) atoms. The zero-order chi connectivity index (χ0) is 24.9. The molecule has 4 rings (SSSR count). The van der Waals surface area contributed by atoms with E-state index >= 15 is 0 Å². The Balaban J connectivity index is 0.00000241. The van der Waals surface area contributed by atoms with Gasteiger partial charge in [0.2, 0.25) is 5.95 Å². The molecule has 0 bridgehead atoms. The smallest absolute Gasteiger partial charge is 1.00 e. The largest absolute Gasteiger partial charge is 1.00 e. The Hall–Kier alpha value is -2.53. The van der Waals surface area contributed by atoms with Crippen LogP contribution in [0.3, 0.4) is 0 Å². The number of rotatable bonds is 8. The Labute approximate surface area is 253 Å². The van der Waals surface area contributed by atoms with Crippen LogP contribution in [0.25, 0.3) is 16.3 Å². The van der Waals surface area contributed by atoms with Crippen LogP contribution >= 0.6 is 12.0 Å². The van der Waals surface area contributed by atoms with Crippen molar-refractivity contribution in [1.29, 1.82) is 0 Å². The molecular formula is C22H19KN7O5S-. The average Bonchev–Trinajstić information content (AvgIpc) is 2.82. The van der Waals surface area contributed by atoms with Crippen molar-refractivity contribution < 1.29 is 77.3 Å². The van der Waals surface area contributed by atoms with Crippen molar-refractivity contribution >= 4 is 51.7 Å². The van der Waals surface area contributed by atoms with Gasteiger partial charge >= 0.3 is 51.4 Å². The molecule has 0 fully saturated rings. The summed E-state index contributed by atoms with van der Waals surface area (Å²) in [7, 11) is 0. The molecule has 1 aromatic heterocycles. The number of aromatic nitrogens is 3. The molecule has 0 atom stereocenters. The van der Waals surface area contributed by atoms with E-state index in [1.807, 2.05) is 0 Å². The van der Waals surface area contributed by atoms with Gasteiger partial charge in [0.25, 0.3) is 5.91 Å². The minimum absolute atomic E-state index is 0. The molecule has 14 heteroatoms. The minimum atomic E-state index is -0.367. The fourth-order valence-electron chi connectivity index (χ4n) is 3.38. The topological polar surface area (TPSA) is 173 Å². The predicted octanol–water partition coefficient (Wildman–Crippen LogP) is 2.54. The minimum Gasteiger partial charge on any atom is -1.00 e. The summed E-state index contributed by atoms with van der Waals surface area (Å²) < 4.78 is 4.39. The second-order valence-corrected chi connectivity index (χ2v) is 7.99. The van der Waals surface area contributed by atoms with Crippen molar-refractivity contribution in [2.75, 3.05) is 10.6 Å². The van der Waals surface area contributed by atoms with Crippen LogP contribution in [0.15, 0.2) is 58.5 Å². The molecule has 180 valence electrons. The standard InChI is InChI=1S/C22H18N7O5S.K.H/c1-11-24-12(2)26-22(25-11)28-15-5-3-4-13(8-15)21(31)27-16-6-7-17-14(9-16)10-18(35-34-33-32)19(29-23)20(17)30;;/h3-10,30,32H,1-2H3,(H,27,31)(H,24,25,26,28);;/q-1;+1;-1/i;;1+1. The average molecular weight is 534 g/mol. The maximum atomic E-state index is 12.9. The zero-order valence-electron chi connectivity index (χ0n) is 20.4. The number of phenolic OH excluding ortho intramolecular Hbond substituents is 1. The third kappa shape index (κ3) is 6.61. The van der Waals surface area contributed by atoms with Crippen LogP contribution in [0.2, 0.25) is 0 Å². The van der Waals surface area contributed by atoms with Crippen molar-refractivity contribution in [2.45, 2.75) is 18.7 Å². The second kappa shape index (κ2) is 12.6. The molecule has 1 amide bonds. The van der Waals surface area contributed by atoms with Gasteiger partial charge in [-0.25, -0.2) is 10.2 Å². The van der Waals surface area contributed by atoms with E-state index in [1.165, 1.54) is 6.07 Å². The van der Waals surface area contributed by atoms with E-state index in [4.69, 9.17) is 5.26 Å². The van der Waals surface area contributed by atoms with Crippen molar-refractivity contribution in [1.82, 2.24) is 15.0 Å². The van der Waals surface area contributed by atoms with Gasteiger partial charge in [0.15, 0.2) is 0 Å². The SMILES string of the molecule is Cc1nc(C)nc(Nc2cccc(C(=O)Nc3ccc4c(O)c(N=[N-])c(SOOO)cc4c3)c2)n1.[2H-].[K+]. The first-order valence-electron chi connectivity index (χ1n) is 10.0. The zero-order valence-corrected chi connectivity index (χ0v) is 23.3. The molecule has 3 aromatic carbocycles. The maximum Gasteiger partial charge on any atom is 1.00 e. The molecule has 0 unspecified atom stereocenters. The fraction of sp³-hybridized carbons (Fsp3) is 0.0909. The second-order valence-electron chi connectivity index (χ2n) is 7.25. The maximum absolute atomic E-state index is 12.9. The number of hydrogen-bond acceptors (Lipinski definition) is 11. The summed E-state index contributed by atoms with van der Waals surface area (Å²) in [6.07, 6.45) is 0. The van der Waals surface area contributed by atoms with Gasteiger partial charge in [-0.2, -0.15) is 9.97 Å². The normalized spacial score (nSPS) is 10.5. The van der Waals surface area contributed by atoms with Crippen LogP contribution in [0.1, 0.15) is 23.4 Å². The van der Waals surface area contributed by atoms with Gasteiger partial charge in [0.1, 0.15) is 17.4 Å². The molecule has 1 heterocycles. The summed E-state index contributed by atoms with van der Waals surface area (Å²) >= 11 is 0.527. The Bertz CT molecular complexity index is 1430. The molecule has 0 spiro atoms. The first-order chi connectivity index (χ1) is 16.9. The summed E-state index contributed by atoms with van der Waals surface area (Å²) in [6.45, 7) is 3.53. The Morgan fingerprint density at radius 1 is 1.08 bits per heavy atom. The number of carbonyl (C=O) groups is 1. The molecule has 0 aliphatic heterocycles. The third-order valence-corrected chi connectivity index (χ3v) is 5.42. The fourth-order valence-corrected chi connectivity index (χ4v) is 3.88. The van der Waals surface area contributed by atoms with Gasteiger partial charge < -0.3 is 27.8 Å². The quantitative estimate of drug-likeness (QED) is 0.0866. The number of phenols is 1. The van der Waals surface area contributed by atoms with Crippen LogP contribution in [-0.2, 0) is 9.37 Å². The summed E-state index contributed by atoms with van der Waals surface area (Å²) in [5.74, 6) is 0.851. The van der Waals surface area contributed by atoms with Gasteiger partial charge in [-0.05, 0) is 61.7 Å². The van der Waals surface area contributed by atoms with Gasteiger partial charge in [-0.1, -0.05) is 11.1 Å². The van der Waals surface area contributed by atoms with Crippen LogP contribution in [0.4, 0.5) is 23.0 Å². The van der Waals surface area contributed by atoms with Crippen LogP contribution in [-0.4, -0.2) is 31.2 Å². The summed E-state index contributed by atoms with van der Waals surface area (Å²) in [4.78, 5) is 25.7. The van der Waals surface area contributed by atoms with E-state index in [0.717, 1.165) is 0 Å². The number of nitrogens with one attached hydrogen (secondary N) is 2. The number of aryl methyl sites for hydroxylation is 2. The predicted molar refractivity (Wildman–Crippen MR) is 130 cm³/mol. The van der Waals surface area contributed by atoms with Crippen molar-refractivity contribution in [2.24, 2.45) is 5.11 Å². The number of aromatic hydroxyl groups is 1. The summed E-state index contributed by atoms with van der Waals surface area (Å²) in [5, 5.41) is 32.2. The van der Waals surface area contributed by atoms with E-state index in [1.54, 1.807) is 56.3 Å². The molecule has 0 radical (unpaired) electrons. The summed E-state index contributed by atoms with van der Waals surface area (Å²) in [5.41, 5.74) is 10.5. The molecule has 12 nitrogen and oxygen atoms in total. The molecule has 0 saturated heterocycles. The first-order valence-corrected chi connectivity index (χ1v) is 10.8. The first kappa shape index (κ1) is 28.0. The van der Waals surface area contributed by atoms with Crippen molar-refractivity contribution in [3.05, 3.63) is 71.3 Å². The number of amides is 1. The van der Waals surface area contributed by atoms with Gasteiger partial charge in [0, 0.05) is 22.3 Å². The Morgan fingerprint density at radius 2 is 1.83 bits per heavy atom. The molecule has 0 aliphatic carbocycles. The van der Waals surface area contributed by atoms with Gasteiger partial charge in [-0.15, -0.1) is 4.33 Å². The van der Waals surface area contributed by atoms with Gasteiger partial charge in [-0.3, -0.25) is 4.79 Å². The van der Waals surface area contributed by atoms with Gasteiger partial charge in [0.05, 0.1) is 22.6 Å². The third-order valence-electron chi connectivity index (χ3n) is 4.80. The van der Waals surface area contributed by atoms with E-state index in [0.29, 0.717) is 57.4 Å². The van der Waals surface area contributed by atoms with E-state index < -0.39 is 0 Å². The number of nitrogens with zero attached hydrogens (tertiary/aromatic N) is 5. The molecular weight excluding hydrogens is 513 g/mol. The number of fused-ring (bicyclic) bond motifs is 1. The molecule has 4 aromatic rings. The number of benzene rings is 3. The molecule has 0 aliphatic rings. The van der Waals surface area contributed by atoms with E-state index in [2.05, 4.69) is 40.1 Å². The Kier molecular flexibility index (Phi) is 9.83. The molecule has 0 saturated carbocycles. The van der Waals surface area contributed by atoms with Crippen LogP contribution in [0.5, 0.6) is 5.75 Å². The number of anilines is 3. The Morgan fingerprint density at radius 3 is 2.53 bits per heavy atom. The van der Waals surface area contributed by atoms with Crippen LogP contribution < -0.4 is 62.0 Å². The van der Waals surface area contributed by atoms with Crippen molar-refractivity contribution in [3.63, 3.8) is 0 Å². The number of hydrogen-bond donors (Lipinski definition) is 4. The van der Waals surface area contributed by atoms with Crippen LogP contribution in [0, 0.1) is 13.8 Å². The monoisotopic (exact) mass is 533 g/mol. The molecule has 4 N–H and O–H groups in total. The summed E-state index contributed by atoms with van der Waals surface area (Å²) in [6, 6.07) is 13.1. The number of carbonyl (C=O) groups excluding carboxylic acids is 1. The van der Waals surface area contributed by atoms with E-state index in [-0.39, 0.29) is 75.1 Å².